The molecule has 0 fully saturated rings. The number of hydrogen-bond donors (Lipinski definition) is 0. The first-order valence-corrected chi connectivity index (χ1v) is 18.4. The normalized spacial score (nSPS) is 11.3. The van der Waals surface area contributed by atoms with Crippen LogP contribution < -0.4 is 4.90 Å². The van der Waals surface area contributed by atoms with E-state index in [-0.39, 0.29) is 0 Å². The Kier molecular flexibility index (Phi) is 8.08. The van der Waals surface area contributed by atoms with Gasteiger partial charge in [-0.2, -0.15) is 0 Å². The Balaban J connectivity index is 1.31. The zero-order valence-electron chi connectivity index (χ0n) is 29.8. The molecule has 10 rings (SSSR count). The second-order valence-electron chi connectivity index (χ2n) is 13.4. The van der Waals surface area contributed by atoms with Crippen LogP contribution in [0, 0.1) is 0 Å². The van der Waals surface area contributed by atoms with E-state index in [1.54, 1.807) is 0 Å². The van der Waals surface area contributed by atoms with Gasteiger partial charge in [0.15, 0.2) is 17.5 Å². The van der Waals surface area contributed by atoms with Crippen molar-refractivity contribution >= 4 is 49.5 Å². The van der Waals surface area contributed by atoms with Crippen LogP contribution in [0.4, 0.5) is 17.1 Å². The number of rotatable bonds is 7. The van der Waals surface area contributed by atoms with E-state index in [9.17, 15) is 0 Å². The van der Waals surface area contributed by atoms with E-state index in [1.807, 2.05) is 66.7 Å². The molecule has 258 valence electrons. The molecular formula is C50H33N5. The third-order valence-corrected chi connectivity index (χ3v) is 10.1. The number of para-hydroxylation sites is 3. The quantitative estimate of drug-likeness (QED) is 0.155. The van der Waals surface area contributed by atoms with Crippen LogP contribution in [0.25, 0.3) is 77.9 Å². The number of aromatic nitrogens is 4. The van der Waals surface area contributed by atoms with Crippen molar-refractivity contribution in [1.29, 1.82) is 0 Å². The second kappa shape index (κ2) is 13.8. The first-order valence-electron chi connectivity index (χ1n) is 18.4. The number of anilines is 3. The van der Waals surface area contributed by atoms with Crippen LogP contribution in [0.15, 0.2) is 200 Å². The predicted molar refractivity (Wildman–Crippen MR) is 227 cm³/mol. The number of fused-ring (bicyclic) bond motifs is 5. The zero-order chi connectivity index (χ0) is 36.6. The van der Waals surface area contributed by atoms with Crippen LogP contribution in [-0.4, -0.2) is 19.9 Å². The van der Waals surface area contributed by atoms with Gasteiger partial charge in [0.25, 0.3) is 0 Å². The number of pyridine rings is 1. The third-order valence-electron chi connectivity index (χ3n) is 10.1. The minimum absolute atomic E-state index is 0.609. The van der Waals surface area contributed by atoms with E-state index in [4.69, 9.17) is 19.9 Å². The molecule has 0 bridgehead atoms. The Bertz CT molecular complexity index is 2860. The van der Waals surface area contributed by atoms with Gasteiger partial charge in [-0.3, -0.25) is 0 Å². The highest BCUT2D eigenvalue weighted by Gasteiger charge is 2.23. The lowest BCUT2D eigenvalue weighted by Crippen LogP contribution is -2.11. The van der Waals surface area contributed by atoms with E-state index < -0.39 is 0 Å². The molecular weight excluding hydrogens is 671 g/mol. The molecule has 0 spiro atoms. The Morgan fingerprint density at radius 3 is 1.35 bits per heavy atom. The summed E-state index contributed by atoms with van der Waals surface area (Å²) < 4.78 is 0. The lowest BCUT2D eigenvalue weighted by molar-refractivity contribution is 1.08. The summed E-state index contributed by atoms with van der Waals surface area (Å²) in [6, 6.07) is 69.1. The summed E-state index contributed by atoms with van der Waals surface area (Å²) in [7, 11) is 0. The van der Waals surface area contributed by atoms with Crippen molar-refractivity contribution in [3.05, 3.63) is 200 Å². The van der Waals surface area contributed by atoms with E-state index in [0.29, 0.717) is 17.5 Å². The van der Waals surface area contributed by atoms with E-state index in [2.05, 4.69) is 138 Å². The minimum Gasteiger partial charge on any atom is -0.308 e. The average Bonchev–Trinajstić information content (AvgIpc) is 3.27. The molecule has 0 radical (unpaired) electrons. The van der Waals surface area contributed by atoms with Gasteiger partial charge in [0.05, 0.1) is 16.9 Å². The first-order chi connectivity index (χ1) is 27.3. The fourth-order valence-electron chi connectivity index (χ4n) is 7.57. The summed E-state index contributed by atoms with van der Waals surface area (Å²) >= 11 is 0. The van der Waals surface area contributed by atoms with Crippen LogP contribution >= 0.6 is 0 Å². The molecule has 0 aliphatic rings. The Morgan fingerprint density at radius 1 is 0.327 bits per heavy atom. The van der Waals surface area contributed by atoms with Crippen LogP contribution in [0.3, 0.4) is 0 Å². The van der Waals surface area contributed by atoms with Crippen LogP contribution in [0.5, 0.6) is 0 Å². The zero-order valence-corrected chi connectivity index (χ0v) is 29.8. The minimum atomic E-state index is 0.609. The summed E-state index contributed by atoms with van der Waals surface area (Å²) in [5, 5.41) is 5.38. The summed E-state index contributed by atoms with van der Waals surface area (Å²) in [6.45, 7) is 0. The Morgan fingerprint density at radius 2 is 0.782 bits per heavy atom. The molecule has 0 amide bonds. The average molecular weight is 704 g/mol. The molecule has 5 nitrogen and oxygen atoms in total. The van der Waals surface area contributed by atoms with Crippen molar-refractivity contribution in [3.8, 4) is 45.4 Å². The molecule has 0 N–H and O–H groups in total. The second-order valence-corrected chi connectivity index (χ2v) is 13.4. The van der Waals surface area contributed by atoms with E-state index >= 15 is 0 Å². The summed E-state index contributed by atoms with van der Waals surface area (Å²) in [5.41, 5.74) is 8.73. The highest BCUT2D eigenvalue weighted by atomic mass is 15.1. The molecule has 0 saturated heterocycles. The highest BCUT2D eigenvalue weighted by molar-refractivity contribution is 6.26. The molecule has 0 aliphatic carbocycles. The van der Waals surface area contributed by atoms with Gasteiger partial charge in [-0.15, -0.1) is 0 Å². The maximum atomic E-state index is 5.62. The monoisotopic (exact) mass is 703 g/mol. The maximum Gasteiger partial charge on any atom is 0.164 e. The lowest BCUT2D eigenvalue weighted by Gasteiger charge is -2.27. The van der Waals surface area contributed by atoms with E-state index in [0.717, 1.165) is 77.5 Å². The lowest BCUT2D eigenvalue weighted by atomic mass is 9.91. The number of hydrogen-bond acceptors (Lipinski definition) is 5. The molecule has 0 aliphatic heterocycles. The molecule has 2 aromatic heterocycles. The first kappa shape index (κ1) is 32.2. The van der Waals surface area contributed by atoms with Gasteiger partial charge in [-0.1, -0.05) is 164 Å². The van der Waals surface area contributed by atoms with E-state index in [1.165, 1.54) is 0 Å². The molecule has 55 heavy (non-hydrogen) atoms. The fourth-order valence-corrected chi connectivity index (χ4v) is 7.57. The van der Waals surface area contributed by atoms with Gasteiger partial charge in [-0.25, -0.2) is 19.9 Å². The Hall–Kier alpha value is -7.50. The van der Waals surface area contributed by atoms with Crippen LogP contribution in [-0.2, 0) is 0 Å². The van der Waals surface area contributed by atoms with Gasteiger partial charge in [-0.05, 0) is 47.2 Å². The molecule has 5 heteroatoms. The van der Waals surface area contributed by atoms with Gasteiger partial charge >= 0.3 is 0 Å². The van der Waals surface area contributed by atoms with Crippen LogP contribution in [0.1, 0.15) is 0 Å². The number of benzene rings is 8. The molecule has 0 atom stereocenters. The van der Waals surface area contributed by atoms with Crippen molar-refractivity contribution in [2.45, 2.75) is 0 Å². The predicted octanol–water partition coefficient (Wildman–Crippen LogP) is 12.9. The smallest absolute Gasteiger partial charge is 0.164 e. The molecule has 0 unspecified atom stereocenters. The maximum absolute atomic E-state index is 5.62. The van der Waals surface area contributed by atoms with Crippen molar-refractivity contribution in [2.24, 2.45) is 0 Å². The summed E-state index contributed by atoms with van der Waals surface area (Å²) in [5.74, 6) is 1.86. The Labute approximate surface area is 318 Å². The summed E-state index contributed by atoms with van der Waals surface area (Å²) in [4.78, 5) is 23.3. The van der Waals surface area contributed by atoms with Gasteiger partial charge in [0.1, 0.15) is 0 Å². The molecule has 10 aromatic rings. The SMILES string of the molecule is c1ccc(-c2nc(-c3ccccc3)nc(-c3cc4c(-c5ccccc5)nc5c(N(c6ccccc6)c6ccccc6)cccc5c4c4ccccc34)n2)cc1. The van der Waals surface area contributed by atoms with Crippen LogP contribution in [0.2, 0.25) is 0 Å². The van der Waals surface area contributed by atoms with Crippen molar-refractivity contribution < 1.29 is 0 Å². The molecule has 8 aromatic carbocycles. The molecule has 2 heterocycles. The standard InChI is InChI=1S/C50H33N5/c1-6-19-34(20-7-1)46-43-33-42(50-53-48(35-21-8-2-9-22-35)52-49(54-50)36-23-10-3-11-24-36)39-29-16-17-30-40(39)45(43)41-31-18-32-44(47(41)51-46)55(37-25-12-4-13-26-37)38-27-14-5-15-28-38/h1-33H. The topological polar surface area (TPSA) is 54.8 Å². The van der Waals surface area contributed by atoms with Crippen molar-refractivity contribution in [3.63, 3.8) is 0 Å². The van der Waals surface area contributed by atoms with Gasteiger partial charge in [0, 0.05) is 49.8 Å². The fraction of sp³-hybridized carbons (Fsp3) is 0. The van der Waals surface area contributed by atoms with Gasteiger partial charge in [0.2, 0.25) is 0 Å². The van der Waals surface area contributed by atoms with Crippen molar-refractivity contribution in [2.75, 3.05) is 4.90 Å². The van der Waals surface area contributed by atoms with Gasteiger partial charge < -0.3 is 4.90 Å². The highest BCUT2D eigenvalue weighted by Crippen LogP contribution is 2.45. The van der Waals surface area contributed by atoms with Crippen molar-refractivity contribution in [1.82, 2.24) is 19.9 Å². The number of nitrogens with zero attached hydrogens (tertiary/aromatic N) is 5. The molecule has 0 saturated carbocycles. The third kappa shape index (κ3) is 5.85. The summed E-state index contributed by atoms with van der Waals surface area (Å²) in [6.07, 6.45) is 0. The largest absolute Gasteiger partial charge is 0.308 e.